The lowest BCUT2D eigenvalue weighted by Gasteiger charge is -2.10. The molecule has 1 heterocycles. The first-order valence-electron chi connectivity index (χ1n) is 4.99. The van der Waals surface area contributed by atoms with Gasteiger partial charge >= 0.3 is 6.18 Å². The van der Waals surface area contributed by atoms with Crippen LogP contribution in [0, 0.1) is 5.82 Å². The summed E-state index contributed by atoms with van der Waals surface area (Å²) in [4.78, 5) is 0. The van der Waals surface area contributed by atoms with Crippen molar-refractivity contribution in [2.75, 3.05) is 6.61 Å². The van der Waals surface area contributed by atoms with Gasteiger partial charge in [-0.1, -0.05) is 0 Å². The first kappa shape index (κ1) is 12.5. The van der Waals surface area contributed by atoms with Gasteiger partial charge in [-0.3, -0.25) is 0 Å². The maximum atomic E-state index is 13.5. The normalized spacial score (nSPS) is 11.6. The zero-order chi connectivity index (χ0) is 13.2. The molecular weight excluding hydrogens is 252 g/mol. The van der Waals surface area contributed by atoms with Crippen LogP contribution in [0.2, 0.25) is 0 Å². The first-order chi connectivity index (χ1) is 8.46. The van der Waals surface area contributed by atoms with Crippen LogP contribution in [-0.2, 0) is 0 Å². The molecule has 0 spiro atoms. The molecule has 96 valence electrons. The molecule has 1 aromatic carbocycles. The van der Waals surface area contributed by atoms with Crippen molar-refractivity contribution in [2.24, 2.45) is 0 Å². The van der Waals surface area contributed by atoms with Crippen LogP contribution in [-0.4, -0.2) is 12.8 Å². The summed E-state index contributed by atoms with van der Waals surface area (Å²) in [6.07, 6.45) is -3.08. The van der Waals surface area contributed by atoms with Crippen LogP contribution < -0.4 is 4.74 Å². The molecule has 2 rings (SSSR count). The fraction of sp³-hybridized carbons (Fsp3) is 0.167. The molecule has 2 nitrogen and oxygen atoms in total. The third-order valence-electron chi connectivity index (χ3n) is 2.13. The van der Waals surface area contributed by atoms with Crippen LogP contribution in [0.25, 0.3) is 11.3 Å². The van der Waals surface area contributed by atoms with Gasteiger partial charge in [0.1, 0.15) is 5.76 Å². The van der Waals surface area contributed by atoms with Crippen LogP contribution in [0.15, 0.2) is 41.0 Å². The highest BCUT2D eigenvalue weighted by atomic mass is 19.4. The van der Waals surface area contributed by atoms with E-state index >= 15 is 0 Å². The van der Waals surface area contributed by atoms with Gasteiger partial charge in [-0.25, -0.2) is 4.39 Å². The number of halogens is 4. The SMILES string of the molecule is Fc1cc(-c2ccco2)ccc1OCC(F)(F)F. The van der Waals surface area contributed by atoms with E-state index in [9.17, 15) is 17.6 Å². The van der Waals surface area contributed by atoms with E-state index in [4.69, 9.17) is 4.42 Å². The minimum absolute atomic E-state index is 0.427. The van der Waals surface area contributed by atoms with Gasteiger partial charge in [0, 0.05) is 5.56 Å². The van der Waals surface area contributed by atoms with E-state index < -0.39 is 24.3 Å². The highest BCUT2D eigenvalue weighted by molar-refractivity contribution is 5.58. The van der Waals surface area contributed by atoms with E-state index in [1.165, 1.54) is 12.3 Å². The molecule has 0 atom stereocenters. The second-order valence-electron chi connectivity index (χ2n) is 3.53. The molecule has 18 heavy (non-hydrogen) atoms. The van der Waals surface area contributed by atoms with Crippen molar-refractivity contribution < 1.29 is 26.7 Å². The minimum atomic E-state index is -4.49. The lowest BCUT2D eigenvalue weighted by molar-refractivity contribution is -0.153. The van der Waals surface area contributed by atoms with Crippen LogP contribution in [0.4, 0.5) is 17.6 Å². The number of hydrogen-bond acceptors (Lipinski definition) is 2. The van der Waals surface area contributed by atoms with Gasteiger partial charge in [-0.15, -0.1) is 0 Å². The zero-order valence-corrected chi connectivity index (χ0v) is 9.00. The predicted molar refractivity (Wildman–Crippen MR) is 55.7 cm³/mol. The molecule has 6 heteroatoms. The number of alkyl halides is 3. The number of hydrogen-bond donors (Lipinski definition) is 0. The second-order valence-corrected chi connectivity index (χ2v) is 3.53. The Hall–Kier alpha value is -1.98. The second kappa shape index (κ2) is 4.72. The van der Waals surface area contributed by atoms with Crippen LogP contribution in [0.3, 0.4) is 0 Å². The fourth-order valence-electron chi connectivity index (χ4n) is 1.37. The molecule has 2 aromatic rings. The Kier molecular flexibility index (Phi) is 3.27. The molecule has 0 radical (unpaired) electrons. The Morgan fingerprint density at radius 1 is 1.17 bits per heavy atom. The molecule has 0 unspecified atom stereocenters. The third-order valence-corrected chi connectivity index (χ3v) is 2.13. The highest BCUT2D eigenvalue weighted by Gasteiger charge is 2.28. The summed E-state index contributed by atoms with van der Waals surface area (Å²) >= 11 is 0. The summed E-state index contributed by atoms with van der Waals surface area (Å²) in [5.74, 6) is -0.882. The Balaban J connectivity index is 2.16. The van der Waals surface area contributed by atoms with E-state index in [-0.39, 0.29) is 0 Å². The molecule has 0 N–H and O–H groups in total. The zero-order valence-electron chi connectivity index (χ0n) is 9.00. The fourth-order valence-corrected chi connectivity index (χ4v) is 1.37. The quantitative estimate of drug-likeness (QED) is 0.777. The third kappa shape index (κ3) is 3.03. The molecule has 0 fully saturated rings. The summed E-state index contributed by atoms with van der Waals surface area (Å²) in [5, 5.41) is 0. The Morgan fingerprint density at radius 3 is 2.50 bits per heavy atom. The minimum Gasteiger partial charge on any atom is -0.481 e. The summed E-state index contributed by atoms with van der Waals surface area (Å²) in [6.45, 7) is -1.52. The molecule has 0 amide bonds. The van der Waals surface area contributed by atoms with Crippen molar-refractivity contribution >= 4 is 0 Å². The van der Waals surface area contributed by atoms with E-state index in [2.05, 4.69) is 4.74 Å². The lowest BCUT2D eigenvalue weighted by Crippen LogP contribution is -2.19. The average Bonchev–Trinajstić information content (AvgIpc) is 2.79. The summed E-state index contributed by atoms with van der Waals surface area (Å²) in [7, 11) is 0. The van der Waals surface area contributed by atoms with Crippen molar-refractivity contribution in [1.29, 1.82) is 0 Å². The summed E-state index contributed by atoms with van der Waals surface area (Å²) in [5.41, 5.74) is 0.428. The molecule has 1 aromatic heterocycles. The topological polar surface area (TPSA) is 22.4 Å². The van der Waals surface area contributed by atoms with Crippen LogP contribution in [0.1, 0.15) is 0 Å². The smallest absolute Gasteiger partial charge is 0.422 e. The number of rotatable bonds is 3. The molecule has 0 aliphatic carbocycles. The van der Waals surface area contributed by atoms with E-state index in [0.29, 0.717) is 11.3 Å². The van der Waals surface area contributed by atoms with E-state index in [1.807, 2.05) is 0 Å². The maximum absolute atomic E-state index is 13.5. The van der Waals surface area contributed by atoms with Gasteiger partial charge in [0.05, 0.1) is 6.26 Å². The molecule has 0 aliphatic heterocycles. The molecule has 0 saturated heterocycles. The Bertz CT molecular complexity index is 517. The van der Waals surface area contributed by atoms with Crippen molar-refractivity contribution in [3.05, 3.63) is 42.4 Å². The Labute approximate surface area is 99.8 Å². The van der Waals surface area contributed by atoms with E-state index in [0.717, 1.165) is 12.1 Å². The number of benzene rings is 1. The van der Waals surface area contributed by atoms with Crippen molar-refractivity contribution in [1.82, 2.24) is 0 Å². The largest absolute Gasteiger partial charge is 0.481 e. The molecule has 0 bridgehead atoms. The van der Waals surface area contributed by atoms with E-state index in [1.54, 1.807) is 12.1 Å². The monoisotopic (exact) mass is 260 g/mol. The lowest BCUT2D eigenvalue weighted by atomic mass is 10.1. The molecule has 0 aliphatic rings. The maximum Gasteiger partial charge on any atom is 0.422 e. The molecular formula is C12H8F4O2. The standard InChI is InChI=1S/C12H8F4O2/c13-9-6-8(10-2-1-5-17-10)3-4-11(9)18-7-12(14,15)16/h1-6H,7H2. The van der Waals surface area contributed by atoms with Gasteiger partial charge in [0.25, 0.3) is 0 Å². The summed E-state index contributed by atoms with van der Waals surface area (Å²) in [6, 6.07) is 6.86. The van der Waals surface area contributed by atoms with Gasteiger partial charge in [0.2, 0.25) is 0 Å². The number of furan rings is 1. The van der Waals surface area contributed by atoms with Gasteiger partial charge in [-0.05, 0) is 30.3 Å². The first-order valence-corrected chi connectivity index (χ1v) is 4.99. The molecule has 0 saturated carbocycles. The number of ether oxygens (including phenoxy) is 1. The van der Waals surface area contributed by atoms with Crippen LogP contribution >= 0.6 is 0 Å². The van der Waals surface area contributed by atoms with Crippen molar-refractivity contribution in [3.8, 4) is 17.1 Å². The van der Waals surface area contributed by atoms with Crippen molar-refractivity contribution in [3.63, 3.8) is 0 Å². The highest BCUT2D eigenvalue weighted by Crippen LogP contribution is 2.27. The van der Waals surface area contributed by atoms with Gasteiger partial charge in [-0.2, -0.15) is 13.2 Å². The average molecular weight is 260 g/mol. The van der Waals surface area contributed by atoms with Crippen molar-refractivity contribution in [2.45, 2.75) is 6.18 Å². The van der Waals surface area contributed by atoms with Gasteiger partial charge in [0.15, 0.2) is 18.2 Å². The predicted octanol–water partition coefficient (Wildman–Crippen LogP) is 4.03. The van der Waals surface area contributed by atoms with Gasteiger partial charge < -0.3 is 9.15 Å². The van der Waals surface area contributed by atoms with Crippen LogP contribution in [0.5, 0.6) is 5.75 Å². The Morgan fingerprint density at radius 2 is 1.94 bits per heavy atom. The summed E-state index contributed by atoms with van der Waals surface area (Å²) < 4.78 is 58.6.